The summed E-state index contributed by atoms with van der Waals surface area (Å²) in [5.41, 5.74) is 1.69. The Morgan fingerprint density at radius 3 is 2.21 bits per heavy atom. The van der Waals surface area contributed by atoms with Gasteiger partial charge in [0.2, 0.25) is 15.9 Å². The monoisotopic (exact) mass is 364 g/mol. The van der Waals surface area contributed by atoms with Crippen molar-refractivity contribution in [2.24, 2.45) is 0 Å². The minimum absolute atomic E-state index is 0.0705. The highest BCUT2D eigenvalue weighted by Gasteiger charge is 2.10. The molecule has 0 fully saturated rings. The number of anilines is 1. The molecule has 0 unspecified atom stereocenters. The Bertz CT molecular complexity index is 786. The second-order valence-corrected chi connectivity index (χ2v) is 7.89. The first-order valence-electron chi connectivity index (χ1n) is 7.41. The van der Waals surface area contributed by atoms with Gasteiger partial charge in [0, 0.05) is 17.0 Å². The molecule has 5 nitrogen and oxygen atoms in total. The minimum atomic E-state index is -3.42. The number of carbonyl (C=O) groups excluding carboxylic acids is 1. The summed E-state index contributed by atoms with van der Waals surface area (Å²) in [5.74, 6) is -0.0705. The number of rotatable bonds is 7. The van der Waals surface area contributed by atoms with Gasteiger partial charge in [-0.2, -0.15) is 0 Å². The van der Waals surface area contributed by atoms with E-state index in [0.717, 1.165) is 16.1 Å². The number of amides is 1. The van der Waals surface area contributed by atoms with E-state index in [4.69, 9.17) is 0 Å². The van der Waals surface area contributed by atoms with E-state index in [1.165, 1.54) is 7.05 Å². The lowest BCUT2D eigenvalue weighted by molar-refractivity contribution is -0.116. The van der Waals surface area contributed by atoms with Crippen molar-refractivity contribution in [3.63, 3.8) is 0 Å². The van der Waals surface area contributed by atoms with Crippen LogP contribution in [0, 0.1) is 0 Å². The van der Waals surface area contributed by atoms with Crippen molar-refractivity contribution >= 4 is 33.4 Å². The molecule has 0 saturated heterocycles. The number of nitrogens with one attached hydrogen (secondary N) is 2. The first kappa shape index (κ1) is 18.5. The first-order chi connectivity index (χ1) is 11.4. The van der Waals surface area contributed by atoms with Crippen molar-refractivity contribution in [3.8, 4) is 0 Å². The van der Waals surface area contributed by atoms with E-state index >= 15 is 0 Å². The Morgan fingerprint density at radius 2 is 1.67 bits per heavy atom. The summed E-state index contributed by atoms with van der Waals surface area (Å²) in [4.78, 5) is 13.3. The number of hydrogen-bond acceptors (Lipinski definition) is 4. The number of thioether (sulfide) groups is 1. The maximum Gasteiger partial charge on any atom is 0.240 e. The van der Waals surface area contributed by atoms with Gasteiger partial charge in [0.1, 0.15) is 0 Å². The molecule has 0 aliphatic heterocycles. The number of carbonyl (C=O) groups is 1. The fourth-order valence-corrected chi connectivity index (χ4v) is 3.25. The zero-order chi connectivity index (χ0) is 17.6. The lowest BCUT2D eigenvalue weighted by Crippen LogP contribution is -2.18. The summed E-state index contributed by atoms with van der Waals surface area (Å²) in [7, 11) is -2.05. The smallest absolute Gasteiger partial charge is 0.240 e. The molecule has 2 N–H and O–H groups in total. The molecular weight excluding hydrogens is 344 g/mol. The quantitative estimate of drug-likeness (QED) is 0.741. The Balaban J connectivity index is 1.89. The molecule has 0 bridgehead atoms. The van der Waals surface area contributed by atoms with Crippen LogP contribution in [0.1, 0.15) is 12.0 Å². The molecule has 0 atom stereocenters. The largest absolute Gasteiger partial charge is 0.326 e. The van der Waals surface area contributed by atoms with Gasteiger partial charge in [-0.3, -0.25) is 4.79 Å². The van der Waals surface area contributed by atoms with Crippen LogP contribution in [0.5, 0.6) is 0 Å². The number of sulfonamides is 1. The molecule has 2 aromatic carbocycles. The molecule has 0 saturated carbocycles. The summed E-state index contributed by atoms with van der Waals surface area (Å²) < 4.78 is 25.6. The molecule has 2 rings (SSSR count). The average Bonchev–Trinajstić information content (AvgIpc) is 2.61. The van der Waals surface area contributed by atoms with Crippen LogP contribution < -0.4 is 10.0 Å². The van der Waals surface area contributed by atoms with Crippen molar-refractivity contribution in [2.45, 2.75) is 22.6 Å². The van der Waals surface area contributed by atoms with Crippen LogP contribution in [0.25, 0.3) is 0 Å². The van der Waals surface area contributed by atoms with Gasteiger partial charge in [0.15, 0.2) is 0 Å². The summed E-state index contributed by atoms with van der Waals surface area (Å²) in [6.07, 6.45) is 2.89. The van der Waals surface area contributed by atoms with Crippen molar-refractivity contribution < 1.29 is 13.2 Å². The first-order valence-corrected chi connectivity index (χ1v) is 10.1. The molecule has 0 heterocycles. The molecule has 128 valence electrons. The Labute approximate surface area is 146 Å². The minimum Gasteiger partial charge on any atom is -0.326 e. The van der Waals surface area contributed by atoms with Crippen molar-refractivity contribution in [2.75, 3.05) is 18.6 Å². The van der Waals surface area contributed by atoms with E-state index in [1.807, 2.05) is 30.5 Å². The fourth-order valence-electron chi connectivity index (χ4n) is 2.11. The lowest BCUT2D eigenvalue weighted by Gasteiger charge is -2.07. The van der Waals surface area contributed by atoms with Crippen LogP contribution in [0.2, 0.25) is 0 Å². The molecule has 7 heteroatoms. The highest BCUT2D eigenvalue weighted by molar-refractivity contribution is 7.98. The second-order valence-electron chi connectivity index (χ2n) is 5.13. The van der Waals surface area contributed by atoms with Crippen LogP contribution in [0.3, 0.4) is 0 Å². The number of hydrogen-bond donors (Lipinski definition) is 2. The Kier molecular flexibility index (Phi) is 6.42. The third kappa shape index (κ3) is 5.09. The van der Waals surface area contributed by atoms with E-state index in [0.29, 0.717) is 12.8 Å². The molecule has 0 aliphatic rings. The summed E-state index contributed by atoms with van der Waals surface area (Å²) >= 11 is 1.65. The Hall–Kier alpha value is -1.83. The SMILES string of the molecule is CNS(=O)(=O)c1ccc(CCC(=O)Nc2ccc(SC)cc2)cc1. The second kappa shape index (κ2) is 8.32. The maximum atomic E-state index is 12.0. The molecule has 24 heavy (non-hydrogen) atoms. The fraction of sp³-hybridized carbons (Fsp3) is 0.235. The van der Waals surface area contributed by atoms with Crippen molar-refractivity contribution in [1.82, 2.24) is 4.72 Å². The topological polar surface area (TPSA) is 75.3 Å². The van der Waals surface area contributed by atoms with Gasteiger partial charge in [0.25, 0.3) is 0 Å². The van der Waals surface area contributed by atoms with E-state index < -0.39 is 10.0 Å². The van der Waals surface area contributed by atoms with Crippen LogP contribution >= 0.6 is 11.8 Å². The molecule has 0 aromatic heterocycles. The van der Waals surface area contributed by atoms with Gasteiger partial charge >= 0.3 is 0 Å². The Morgan fingerprint density at radius 1 is 1.04 bits per heavy atom. The number of aryl methyl sites for hydroxylation is 1. The summed E-state index contributed by atoms with van der Waals surface area (Å²) in [6.45, 7) is 0. The van der Waals surface area contributed by atoms with E-state index in [9.17, 15) is 13.2 Å². The van der Waals surface area contributed by atoms with Gasteiger partial charge < -0.3 is 5.32 Å². The normalized spacial score (nSPS) is 11.2. The predicted molar refractivity (Wildman–Crippen MR) is 97.9 cm³/mol. The van der Waals surface area contributed by atoms with Gasteiger partial charge in [-0.1, -0.05) is 12.1 Å². The highest BCUT2D eigenvalue weighted by Crippen LogP contribution is 2.18. The molecule has 0 spiro atoms. The lowest BCUT2D eigenvalue weighted by atomic mass is 10.1. The molecule has 2 aromatic rings. The highest BCUT2D eigenvalue weighted by atomic mass is 32.2. The van der Waals surface area contributed by atoms with Crippen LogP contribution in [0.15, 0.2) is 58.3 Å². The zero-order valence-corrected chi connectivity index (χ0v) is 15.2. The standard InChI is InChI=1S/C17H20N2O3S2/c1-18-24(21,22)16-10-3-13(4-11-16)5-12-17(20)19-14-6-8-15(23-2)9-7-14/h3-4,6-11,18H,5,12H2,1-2H3,(H,19,20). The van der Waals surface area contributed by atoms with Gasteiger partial charge in [-0.05, 0) is 61.7 Å². The van der Waals surface area contributed by atoms with Crippen molar-refractivity contribution in [3.05, 3.63) is 54.1 Å². The third-order valence-corrected chi connectivity index (χ3v) is 5.69. The van der Waals surface area contributed by atoms with Crippen LogP contribution in [-0.4, -0.2) is 27.6 Å². The van der Waals surface area contributed by atoms with Crippen LogP contribution in [-0.2, 0) is 21.2 Å². The molecule has 0 radical (unpaired) electrons. The van der Waals surface area contributed by atoms with E-state index in [2.05, 4.69) is 10.0 Å². The van der Waals surface area contributed by atoms with E-state index in [1.54, 1.807) is 36.0 Å². The van der Waals surface area contributed by atoms with Crippen LogP contribution in [0.4, 0.5) is 5.69 Å². The maximum absolute atomic E-state index is 12.0. The summed E-state index contributed by atoms with van der Waals surface area (Å²) in [6, 6.07) is 14.2. The summed E-state index contributed by atoms with van der Waals surface area (Å²) in [5, 5.41) is 2.85. The van der Waals surface area contributed by atoms with Gasteiger partial charge in [-0.15, -0.1) is 11.8 Å². The average molecular weight is 364 g/mol. The third-order valence-electron chi connectivity index (χ3n) is 3.52. The molecular formula is C17H20N2O3S2. The van der Waals surface area contributed by atoms with Gasteiger partial charge in [0.05, 0.1) is 4.90 Å². The molecule has 0 aliphatic carbocycles. The number of benzene rings is 2. The van der Waals surface area contributed by atoms with Crippen molar-refractivity contribution in [1.29, 1.82) is 0 Å². The van der Waals surface area contributed by atoms with E-state index in [-0.39, 0.29) is 10.8 Å². The zero-order valence-electron chi connectivity index (χ0n) is 13.6. The van der Waals surface area contributed by atoms with Gasteiger partial charge in [-0.25, -0.2) is 13.1 Å². The predicted octanol–water partition coefficient (Wildman–Crippen LogP) is 2.89. The molecule has 1 amide bonds.